The third kappa shape index (κ3) is 4.77. The highest BCUT2D eigenvalue weighted by molar-refractivity contribution is 6.92. The van der Waals surface area contributed by atoms with Crippen molar-refractivity contribution >= 4 is 18.9 Å². The van der Waals surface area contributed by atoms with Crippen LogP contribution in [0.2, 0.25) is 0 Å². The van der Waals surface area contributed by atoms with Gasteiger partial charge in [0.1, 0.15) is 12.6 Å². The highest BCUT2D eigenvalue weighted by atomic mass is 28.4. The Bertz CT molecular complexity index is 542. The van der Waals surface area contributed by atoms with Gasteiger partial charge in [0.25, 0.3) is 0 Å². The van der Waals surface area contributed by atoms with Gasteiger partial charge >= 0.3 is 8.56 Å². The Hall–Kier alpha value is -1.50. The molecule has 4 nitrogen and oxygen atoms in total. The molecule has 2 aromatic rings. The molecule has 0 aliphatic heterocycles. The summed E-state index contributed by atoms with van der Waals surface area (Å²) in [6.07, 6.45) is 0.777. The minimum Gasteiger partial charge on any atom is -0.361 e. The fourth-order valence-corrected chi connectivity index (χ4v) is 6.21. The molecule has 0 aliphatic carbocycles. The number of hydrogen-bond acceptors (Lipinski definition) is 4. The van der Waals surface area contributed by atoms with E-state index in [4.69, 9.17) is 18.3 Å². The maximum atomic E-state index is 6.56. The predicted molar refractivity (Wildman–Crippen MR) is 102 cm³/mol. The predicted octanol–water partition coefficient (Wildman–Crippen LogP) is 3.04. The van der Waals surface area contributed by atoms with Gasteiger partial charge in [0, 0.05) is 14.2 Å². The summed E-state index contributed by atoms with van der Waals surface area (Å²) in [6, 6.07) is 20.3. The summed E-state index contributed by atoms with van der Waals surface area (Å²) in [5.74, 6) is 0. The van der Waals surface area contributed by atoms with Crippen molar-refractivity contribution in [1.82, 2.24) is 0 Å². The Kier molecular flexibility index (Phi) is 7.80. The van der Waals surface area contributed by atoms with Gasteiger partial charge in [-0.15, -0.1) is 0 Å². The molecule has 0 N–H and O–H groups in total. The van der Waals surface area contributed by atoms with E-state index in [9.17, 15) is 0 Å². The van der Waals surface area contributed by atoms with Crippen LogP contribution >= 0.6 is 0 Å². The molecule has 5 heteroatoms. The van der Waals surface area contributed by atoms with Crippen LogP contribution in [0.15, 0.2) is 60.7 Å². The van der Waals surface area contributed by atoms with E-state index in [0.717, 1.165) is 23.2 Å². The van der Waals surface area contributed by atoms with Crippen molar-refractivity contribution in [3.63, 3.8) is 0 Å². The molecule has 0 radical (unpaired) electrons. The van der Waals surface area contributed by atoms with Crippen molar-refractivity contribution in [3.05, 3.63) is 60.7 Å². The van der Waals surface area contributed by atoms with Gasteiger partial charge in [-0.05, 0) is 23.2 Å². The highest BCUT2D eigenvalue weighted by Gasteiger charge is 2.46. The fraction of sp³-hybridized carbons (Fsp3) is 0.400. The third-order valence-electron chi connectivity index (χ3n) is 4.09. The molecule has 2 aromatic carbocycles. The van der Waals surface area contributed by atoms with Crippen LogP contribution in [0.25, 0.3) is 0 Å². The van der Waals surface area contributed by atoms with Gasteiger partial charge in [-0.25, -0.2) is 0 Å². The lowest BCUT2D eigenvalue weighted by atomic mass is 10.4. The second-order valence-corrected chi connectivity index (χ2v) is 8.59. The van der Waals surface area contributed by atoms with E-state index in [0.29, 0.717) is 0 Å². The molecular formula is C20H28O4Si. The van der Waals surface area contributed by atoms with Crippen molar-refractivity contribution in [3.8, 4) is 0 Å². The number of benzene rings is 2. The molecule has 2 unspecified atom stereocenters. The zero-order chi connectivity index (χ0) is 18.1. The lowest BCUT2D eigenvalue weighted by Gasteiger charge is -2.36. The van der Waals surface area contributed by atoms with E-state index in [1.54, 1.807) is 14.2 Å². The monoisotopic (exact) mass is 360 g/mol. The van der Waals surface area contributed by atoms with E-state index in [2.05, 4.69) is 24.3 Å². The molecular weight excluding hydrogens is 332 g/mol. The maximum absolute atomic E-state index is 6.56. The lowest BCUT2D eigenvalue weighted by molar-refractivity contribution is -0.111. The van der Waals surface area contributed by atoms with Gasteiger partial charge in [0.2, 0.25) is 0 Å². The third-order valence-corrected chi connectivity index (χ3v) is 7.47. The Morgan fingerprint density at radius 2 is 1.04 bits per heavy atom. The average Bonchev–Trinajstić information content (AvgIpc) is 2.70. The minimum atomic E-state index is -3.01. The Morgan fingerprint density at radius 3 is 1.32 bits per heavy atom. The lowest BCUT2D eigenvalue weighted by Crippen LogP contribution is -2.66. The van der Waals surface area contributed by atoms with Crippen LogP contribution in [-0.2, 0) is 18.3 Å². The average molecular weight is 361 g/mol. The summed E-state index contributed by atoms with van der Waals surface area (Å²) >= 11 is 0. The molecule has 0 fully saturated rings. The van der Waals surface area contributed by atoms with E-state index in [1.165, 1.54) is 0 Å². The molecule has 25 heavy (non-hydrogen) atoms. The molecule has 2 atom stereocenters. The van der Waals surface area contributed by atoms with Crippen LogP contribution in [0.4, 0.5) is 0 Å². The van der Waals surface area contributed by atoms with E-state index in [1.807, 2.05) is 50.2 Å². The van der Waals surface area contributed by atoms with Gasteiger partial charge in [0.15, 0.2) is 0 Å². The standard InChI is InChI=1S/C20H28O4Si/c1-5-19(21-3)23-25(24-20(6-2)22-4,17-13-9-7-10-14-17)18-15-11-8-12-16-18/h7-16,19-20H,5-6H2,1-4H3. The van der Waals surface area contributed by atoms with Crippen molar-refractivity contribution in [2.75, 3.05) is 14.2 Å². The number of hydrogen-bond donors (Lipinski definition) is 0. The van der Waals surface area contributed by atoms with Crippen molar-refractivity contribution < 1.29 is 18.3 Å². The van der Waals surface area contributed by atoms with Crippen molar-refractivity contribution in [2.45, 2.75) is 39.3 Å². The molecule has 136 valence electrons. The Morgan fingerprint density at radius 1 is 0.680 bits per heavy atom. The van der Waals surface area contributed by atoms with Crippen LogP contribution in [0, 0.1) is 0 Å². The van der Waals surface area contributed by atoms with Crippen LogP contribution < -0.4 is 10.4 Å². The first-order chi connectivity index (χ1) is 12.2. The molecule has 0 saturated carbocycles. The molecule has 0 aromatic heterocycles. The smallest absolute Gasteiger partial charge is 0.361 e. The molecule has 0 bridgehead atoms. The van der Waals surface area contributed by atoms with Crippen LogP contribution in [0.1, 0.15) is 26.7 Å². The summed E-state index contributed by atoms with van der Waals surface area (Å²) in [6.45, 7) is 4.08. The summed E-state index contributed by atoms with van der Waals surface area (Å²) in [7, 11) is 0.319. The first-order valence-corrected chi connectivity index (χ1v) is 10.5. The van der Waals surface area contributed by atoms with Gasteiger partial charge in [-0.1, -0.05) is 74.5 Å². The van der Waals surface area contributed by atoms with E-state index < -0.39 is 8.56 Å². The van der Waals surface area contributed by atoms with E-state index >= 15 is 0 Å². The second kappa shape index (κ2) is 9.84. The molecule has 2 rings (SSSR count). The number of ether oxygens (including phenoxy) is 2. The van der Waals surface area contributed by atoms with Gasteiger partial charge in [-0.2, -0.15) is 0 Å². The number of methoxy groups -OCH3 is 2. The molecule has 0 amide bonds. The zero-order valence-electron chi connectivity index (χ0n) is 15.5. The second-order valence-electron chi connectivity index (χ2n) is 5.73. The van der Waals surface area contributed by atoms with Crippen LogP contribution in [0.5, 0.6) is 0 Å². The minimum absolute atomic E-state index is 0.346. The summed E-state index contributed by atoms with van der Waals surface area (Å²) in [5.41, 5.74) is 0. The quantitative estimate of drug-likeness (QED) is 0.482. The van der Waals surface area contributed by atoms with Crippen molar-refractivity contribution in [2.24, 2.45) is 0 Å². The van der Waals surface area contributed by atoms with Gasteiger partial charge < -0.3 is 18.3 Å². The Labute approximate surface area is 151 Å². The first kappa shape index (κ1) is 19.8. The first-order valence-electron chi connectivity index (χ1n) is 8.72. The van der Waals surface area contributed by atoms with E-state index in [-0.39, 0.29) is 12.6 Å². The molecule has 0 aliphatic rings. The topological polar surface area (TPSA) is 36.9 Å². The summed E-state index contributed by atoms with van der Waals surface area (Å²) in [5, 5.41) is 2.07. The maximum Gasteiger partial charge on any atom is 0.410 e. The van der Waals surface area contributed by atoms with Crippen LogP contribution in [-0.4, -0.2) is 35.4 Å². The van der Waals surface area contributed by atoms with Crippen molar-refractivity contribution in [1.29, 1.82) is 0 Å². The SMILES string of the molecule is CCC(OC)O[Si](OC(CC)OC)(c1ccccc1)c1ccccc1. The molecule has 0 spiro atoms. The van der Waals surface area contributed by atoms with Gasteiger partial charge in [0.05, 0.1) is 0 Å². The van der Waals surface area contributed by atoms with Crippen LogP contribution in [0.3, 0.4) is 0 Å². The molecule has 0 heterocycles. The zero-order valence-corrected chi connectivity index (χ0v) is 16.5. The fourth-order valence-electron chi connectivity index (χ4n) is 2.75. The molecule has 0 saturated heterocycles. The summed E-state index contributed by atoms with van der Waals surface area (Å²) < 4.78 is 24.2. The number of rotatable bonds is 10. The summed E-state index contributed by atoms with van der Waals surface area (Å²) in [4.78, 5) is 0. The normalized spacial score (nSPS) is 14.2. The Balaban J connectivity index is 2.59. The largest absolute Gasteiger partial charge is 0.410 e. The highest BCUT2D eigenvalue weighted by Crippen LogP contribution is 2.18. The van der Waals surface area contributed by atoms with Gasteiger partial charge in [-0.3, -0.25) is 0 Å².